The van der Waals surface area contributed by atoms with Crippen LogP contribution in [-0.2, 0) is 10.8 Å². The molecule has 0 saturated carbocycles. The molecule has 2 nitrogen and oxygen atoms in total. The largest absolute Gasteiger partial charge is 0.456 e. The zero-order valence-electron chi connectivity index (χ0n) is 41.6. The fourth-order valence-corrected chi connectivity index (χ4v) is 13.2. The van der Waals surface area contributed by atoms with E-state index in [4.69, 9.17) is 4.42 Å². The fourth-order valence-electron chi connectivity index (χ4n) is 13.2. The Bertz CT molecular complexity index is 4230. The molecule has 0 amide bonds. The predicted molar refractivity (Wildman–Crippen MR) is 314 cm³/mol. The van der Waals surface area contributed by atoms with E-state index >= 15 is 0 Å². The number of rotatable bonds is 9. The van der Waals surface area contributed by atoms with Crippen LogP contribution in [0.25, 0.3) is 66.4 Å². The van der Waals surface area contributed by atoms with Crippen molar-refractivity contribution in [2.75, 3.05) is 4.90 Å². The second-order valence-corrected chi connectivity index (χ2v) is 20.3. The van der Waals surface area contributed by atoms with Crippen LogP contribution < -0.4 is 4.90 Å². The number of fused-ring (bicyclic) bond motifs is 9. The molecule has 1 aromatic heterocycles. The Morgan fingerprint density at radius 3 is 1.20 bits per heavy atom. The van der Waals surface area contributed by atoms with Crippen molar-refractivity contribution in [1.29, 1.82) is 0 Å². The van der Waals surface area contributed by atoms with Crippen molar-refractivity contribution in [3.05, 3.63) is 342 Å². The quantitative estimate of drug-likeness (QED) is 0.143. The van der Waals surface area contributed by atoms with E-state index in [-0.39, 0.29) is 0 Å². The third-order valence-electron chi connectivity index (χ3n) is 16.4. The van der Waals surface area contributed by atoms with E-state index in [1.807, 2.05) is 0 Å². The zero-order valence-corrected chi connectivity index (χ0v) is 41.6. The highest BCUT2D eigenvalue weighted by atomic mass is 16.3. The van der Waals surface area contributed by atoms with Crippen molar-refractivity contribution in [3.63, 3.8) is 0 Å². The van der Waals surface area contributed by atoms with Crippen LogP contribution >= 0.6 is 0 Å². The Morgan fingerprint density at radius 1 is 0.250 bits per heavy atom. The Morgan fingerprint density at radius 2 is 0.645 bits per heavy atom. The molecule has 1 heterocycles. The normalized spacial score (nSPS) is 13.5. The lowest BCUT2D eigenvalue weighted by Gasteiger charge is -2.36. The van der Waals surface area contributed by atoms with Crippen LogP contribution in [0.5, 0.6) is 0 Å². The second kappa shape index (κ2) is 17.4. The van der Waals surface area contributed by atoms with E-state index in [1.54, 1.807) is 0 Å². The monoisotopic (exact) mass is 967 g/mol. The second-order valence-electron chi connectivity index (χ2n) is 20.3. The maximum Gasteiger partial charge on any atom is 0.140 e. The number of hydrogen-bond acceptors (Lipinski definition) is 2. The first-order chi connectivity index (χ1) is 37.7. The van der Waals surface area contributed by atoms with E-state index < -0.39 is 10.8 Å². The summed E-state index contributed by atoms with van der Waals surface area (Å²) in [5.41, 5.74) is 23.0. The first-order valence-electron chi connectivity index (χ1n) is 26.3. The molecule has 0 aliphatic heterocycles. The van der Waals surface area contributed by atoms with Gasteiger partial charge < -0.3 is 9.32 Å². The average molecular weight is 968 g/mol. The minimum Gasteiger partial charge on any atom is -0.456 e. The van der Waals surface area contributed by atoms with Gasteiger partial charge in [0, 0.05) is 33.4 Å². The van der Waals surface area contributed by atoms with Crippen molar-refractivity contribution < 1.29 is 4.42 Å². The van der Waals surface area contributed by atoms with Crippen LogP contribution in [0.1, 0.15) is 44.5 Å². The third-order valence-corrected chi connectivity index (χ3v) is 16.4. The number of nitrogens with zero attached hydrogens (tertiary/aromatic N) is 1. The topological polar surface area (TPSA) is 16.4 Å². The van der Waals surface area contributed by atoms with Crippen LogP contribution in [0.4, 0.5) is 17.1 Å². The molecule has 356 valence electrons. The van der Waals surface area contributed by atoms with Crippen LogP contribution in [0, 0.1) is 0 Å². The van der Waals surface area contributed by atoms with Gasteiger partial charge in [0.1, 0.15) is 11.2 Å². The van der Waals surface area contributed by atoms with Gasteiger partial charge in [-0.05, 0) is 126 Å². The van der Waals surface area contributed by atoms with Gasteiger partial charge in [0.05, 0.1) is 10.8 Å². The minimum atomic E-state index is -0.729. The van der Waals surface area contributed by atoms with Gasteiger partial charge in [-0.2, -0.15) is 0 Å². The van der Waals surface area contributed by atoms with Crippen molar-refractivity contribution >= 4 is 39.0 Å². The van der Waals surface area contributed by atoms with Crippen molar-refractivity contribution in [1.82, 2.24) is 0 Å². The fraction of sp³-hybridized carbons (Fsp3) is 0.0270. The van der Waals surface area contributed by atoms with Gasteiger partial charge in [-0.1, -0.05) is 255 Å². The van der Waals surface area contributed by atoms with Crippen molar-refractivity contribution in [2.24, 2.45) is 0 Å². The molecule has 0 N–H and O–H groups in total. The molecule has 0 atom stereocenters. The summed E-state index contributed by atoms with van der Waals surface area (Å²) in [6.07, 6.45) is 0. The molecule has 0 unspecified atom stereocenters. The molecule has 15 rings (SSSR count). The first kappa shape index (κ1) is 43.8. The maximum atomic E-state index is 7.22. The van der Waals surface area contributed by atoms with Gasteiger partial charge in [-0.15, -0.1) is 0 Å². The molecule has 12 aromatic carbocycles. The summed E-state index contributed by atoms with van der Waals surface area (Å²) >= 11 is 0. The number of furan rings is 1. The van der Waals surface area contributed by atoms with Crippen LogP contribution in [0.3, 0.4) is 0 Å². The molecule has 2 heteroatoms. The minimum absolute atomic E-state index is 0.587. The lowest BCUT2D eigenvalue weighted by atomic mass is 9.67. The van der Waals surface area contributed by atoms with E-state index in [9.17, 15) is 0 Å². The Kier molecular flexibility index (Phi) is 10.0. The summed E-state index contributed by atoms with van der Waals surface area (Å²) < 4.78 is 7.22. The summed E-state index contributed by atoms with van der Waals surface area (Å²) in [7, 11) is 0. The molecule has 0 fully saturated rings. The molecule has 0 radical (unpaired) electrons. The highest BCUT2D eigenvalue weighted by Crippen LogP contribution is 2.60. The van der Waals surface area contributed by atoms with Gasteiger partial charge in [-0.3, -0.25) is 0 Å². The third kappa shape index (κ3) is 6.47. The van der Waals surface area contributed by atoms with Gasteiger partial charge in [0.15, 0.2) is 0 Å². The summed E-state index contributed by atoms with van der Waals surface area (Å²) in [5, 5.41) is 2.14. The van der Waals surface area contributed by atoms with Gasteiger partial charge in [-0.25, -0.2) is 0 Å². The molecule has 76 heavy (non-hydrogen) atoms. The molecular formula is C74H49NO. The molecule has 2 aliphatic rings. The molecule has 0 spiro atoms. The molecule has 0 bridgehead atoms. The first-order valence-corrected chi connectivity index (χ1v) is 26.3. The maximum absolute atomic E-state index is 7.22. The lowest BCUT2D eigenvalue weighted by Crippen LogP contribution is -2.29. The molecule has 2 aliphatic carbocycles. The summed E-state index contributed by atoms with van der Waals surface area (Å²) in [6.45, 7) is 0. The van der Waals surface area contributed by atoms with Crippen molar-refractivity contribution in [2.45, 2.75) is 10.8 Å². The van der Waals surface area contributed by atoms with Crippen LogP contribution in [-0.4, -0.2) is 0 Å². The average Bonchev–Trinajstić information content (AvgIpc) is 4.15. The number of hydrogen-bond donors (Lipinski definition) is 0. The molecule has 0 saturated heterocycles. The Balaban J connectivity index is 1.02. The predicted octanol–water partition coefficient (Wildman–Crippen LogP) is 19.1. The van der Waals surface area contributed by atoms with E-state index in [0.29, 0.717) is 0 Å². The smallest absolute Gasteiger partial charge is 0.140 e. The molecular weight excluding hydrogens is 919 g/mol. The SMILES string of the molecule is c1ccc(-c2ccc(-c3ccc(N(c4ccc5c(c4)C(c4ccccc4)(c4ccccc4)c4ccccc4-5)c4cc(C5(c6ccccc6)c6ccccc6-c6ccccc65)c5oc6ccccc6c5c4)cc3)cc2)cc1. The zero-order chi connectivity index (χ0) is 50.2. The highest BCUT2D eigenvalue weighted by Gasteiger charge is 2.49. The van der Waals surface area contributed by atoms with Crippen LogP contribution in [0.2, 0.25) is 0 Å². The number of benzene rings is 12. The Labute approximate surface area is 443 Å². The highest BCUT2D eigenvalue weighted by molar-refractivity contribution is 6.09. The van der Waals surface area contributed by atoms with E-state index in [0.717, 1.165) is 50.1 Å². The number of anilines is 3. The van der Waals surface area contributed by atoms with E-state index in [2.05, 4.69) is 302 Å². The van der Waals surface area contributed by atoms with Gasteiger partial charge in [0.25, 0.3) is 0 Å². The van der Waals surface area contributed by atoms with Gasteiger partial charge in [0.2, 0.25) is 0 Å². The Hall–Kier alpha value is -9.76. The number of para-hydroxylation sites is 1. The van der Waals surface area contributed by atoms with E-state index in [1.165, 1.54) is 77.9 Å². The summed E-state index contributed by atoms with van der Waals surface area (Å²) in [5.74, 6) is 0. The standard InChI is InChI=1S/C74H49NO/c1-5-21-50(22-6-1)51-37-39-52(40-38-51)53-41-43-57(44-42-53)75(58-45-46-63-62-31-13-17-33-66(62)73(69(63)48-58,54-23-7-2-8-24-54)55-25-9-3-10-26-55)59-47-65-64-32-16-20-36-71(64)76-72(65)70(49-59)74(56-27-11-4-12-28-56)67-34-18-14-29-60(67)61-30-15-19-35-68(61)74/h1-49H. The lowest BCUT2D eigenvalue weighted by molar-refractivity contribution is 0.648. The van der Waals surface area contributed by atoms with Crippen LogP contribution in [0.15, 0.2) is 302 Å². The van der Waals surface area contributed by atoms with Crippen molar-refractivity contribution in [3.8, 4) is 44.5 Å². The molecule has 13 aromatic rings. The summed E-state index contributed by atoms with van der Waals surface area (Å²) in [6, 6.07) is 109. The summed E-state index contributed by atoms with van der Waals surface area (Å²) in [4.78, 5) is 2.49. The van der Waals surface area contributed by atoms with Gasteiger partial charge >= 0.3 is 0 Å².